The van der Waals surface area contributed by atoms with E-state index in [9.17, 15) is 4.79 Å². The monoisotopic (exact) mass is 368 g/mol. The number of aromatic amines is 1. The number of nitrogens with one attached hydrogen (secondary N) is 1. The second kappa shape index (κ2) is 7.44. The highest BCUT2D eigenvalue weighted by Crippen LogP contribution is 2.21. The van der Waals surface area contributed by atoms with Crippen LogP contribution in [-0.4, -0.2) is 46.7 Å². The first-order valence-corrected chi connectivity index (χ1v) is 9.78. The molecule has 2 aromatic rings. The molecule has 0 aliphatic carbocycles. The van der Waals surface area contributed by atoms with E-state index in [1.807, 2.05) is 0 Å². The summed E-state index contributed by atoms with van der Waals surface area (Å²) in [5, 5.41) is 0. The number of aryl methyl sites for hydroxylation is 1. The molecule has 1 aromatic carbocycles. The molecule has 2 aliphatic rings. The predicted octanol–water partition coefficient (Wildman–Crippen LogP) is 2.25. The molecule has 0 spiro atoms. The summed E-state index contributed by atoms with van der Waals surface area (Å²) in [7, 11) is 0. The minimum atomic E-state index is 0.0109. The Morgan fingerprint density at radius 2 is 1.89 bits per heavy atom. The van der Waals surface area contributed by atoms with Gasteiger partial charge in [0.25, 0.3) is 5.56 Å². The standard InChI is InChI=1S/C21H28N4O2/c1-14-4-6-17(7-5-14)12-24-9-8-18-19(13-24)22-21(23-20(18)26)25-10-15(2)27-16(3)11-25/h4-7,15-16H,8-13H2,1-3H3,(H,22,23,26)/t15-,16-/m1/s1. The van der Waals surface area contributed by atoms with Gasteiger partial charge in [-0.1, -0.05) is 29.8 Å². The molecule has 1 saturated heterocycles. The highest BCUT2D eigenvalue weighted by atomic mass is 16.5. The fraction of sp³-hybridized carbons (Fsp3) is 0.524. The fourth-order valence-electron chi connectivity index (χ4n) is 4.07. The second-order valence-electron chi connectivity index (χ2n) is 7.92. The number of anilines is 1. The Balaban J connectivity index is 1.54. The minimum absolute atomic E-state index is 0.0109. The number of ether oxygens (including phenoxy) is 1. The summed E-state index contributed by atoms with van der Waals surface area (Å²) in [5.74, 6) is 0.679. The van der Waals surface area contributed by atoms with Crippen LogP contribution in [0.5, 0.6) is 0 Å². The van der Waals surface area contributed by atoms with E-state index in [1.54, 1.807) is 0 Å². The summed E-state index contributed by atoms with van der Waals surface area (Å²) >= 11 is 0. The summed E-state index contributed by atoms with van der Waals surface area (Å²) in [5.41, 5.74) is 4.34. The maximum Gasteiger partial charge on any atom is 0.255 e. The summed E-state index contributed by atoms with van der Waals surface area (Å²) in [6, 6.07) is 8.65. The summed E-state index contributed by atoms with van der Waals surface area (Å²) < 4.78 is 5.80. The third-order valence-electron chi connectivity index (χ3n) is 5.39. The number of fused-ring (bicyclic) bond motifs is 1. The third-order valence-corrected chi connectivity index (χ3v) is 5.39. The molecule has 0 radical (unpaired) electrons. The van der Waals surface area contributed by atoms with Crippen LogP contribution in [0.4, 0.5) is 5.95 Å². The molecular weight excluding hydrogens is 340 g/mol. The van der Waals surface area contributed by atoms with Crippen LogP contribution in [0.2, 0.25) is 0 Å². The lowest BCUT2D eigenvalue weighted by molar-refractivity contribution is -0.00576. The van der Waals surface area contributed by atoms with Gasteiger partial charge in [-0.2, -0.15) is 0 Å². The smallest absolute Gasteiger partial charge is 0.255 e. The van der Waals surface area contributed by atoms with Crippen molar-refractivity contribution < 1.29 is 4.74 Å². The molecule has 0 bridgehead atoms. The van der Waals surface area contributed by atoms with Crippen LogP contribution in [0.1, 0.15) is 36.2 Å². The van der Waals surface area contributed by atoms with Gasteiger partial charge >= 0.3 is 0 Å². The number of nitrogens with zero attached hydrogens (tertiary/aromatic N) is 3. The molecule has 27 heavy (non-hydrogen) atoms. The van der Waals surface area contributed by atoms with Crippen molar-refractivity contribution in [3.8, 4) is 0 Å². The van der Waals surface area contributed by atoms with Crippen molar-refractivity contribution in [2.45, 2.75) is 52.5 Å². The van der Waals surface area contributed by atoms with E-state index in [0.29, 0.717) is 5.95 Å². The topological polar surface area (TPSA) is 61.5 Å². The van der Waals surface area contributed by atoms with Crippen molar-refractivity contribution in [2.24, 2.45) is 0 Å². The van der Waals surface area contributed by atoms with E-state index in [4.69, 9.17) is 9.72 Å². The van der Waals surface area contributed by atoms with Gasteiger partial charge in [0.1, 0.15) is 0 Å². The van der Waals surface area contributed by atoms with Crippen molar-refractivity contribution in [1.29, 1.82) is 0 Å². The summed E-state index contributed by atoms with van der Waals surface area (Å²) in [4.78, 5) is 25.0. The van der Waals surface area contributed by atoms with E-state index < -0.39 is 0 Å². The highest BCUT2D eigenvalue weighted by Gasteiger charge is 2.26. The SMILES string of the molecule is Cc1ccc(CN2CCc3c(nc(N4C[C@@H](C)O[C@H](C)C4)[nH]c3=O)C2)cc1. The van der Waals surface area contributed by atoms with Crippen LogP contribution in [-0.2, 0) is 24.2 Å². The molecular formula is C21H28N4O2. The van der Waals surface area contributed by atoms with Crippen molar-refractivity contribution in [1.82, 2.24) is 14.9 Å². The third kappa shape index (κ3) is 4.06. The molecule has 1 aromatic heterocycles. The zero-order chi connectivity index (χ0) is 19.0. The lowest BCUT2D eigenvalue weighted by Gasteiger charge is -2.36. The molecule has 2 aliphatic heterocycles. The Labute approximate surface area is 160 Å². The van der Waals surface area contributed by atoms with Crippen LogP contribution in [0.15, 0.2) is 29.1 Å². The van der Waals surface area contributed by atoms with Gasteiger partial charge in [-0.3, -0.25) is 14.7 Å². The quantitative estimate of drug-likeness (QED) is 0.900. The van der Waals surface area contributed by atoms with Crippen LogP contribution in [0.3, 0.4) is 0 Å². The Hall–Kier alpha value is -2.18. The van der Waals surface area contributed by atoms with Gasteiger partial charge in [-0.25, -0.2) is 4.98 Å². The molecule has 1 fully saturated rings. The number of H-pyrrole nitrogens is 1. The average Bonchev–Trinajstić information content (AvgIpc) is 2.62. The van der Waals surface area contributed by atoms with Crippen molar-refractivity contribution in [2.75, 3.05) is 24.5 Å². The number of aromatic nitrogens is 2. The first-order valence-electron chi connectivity index (χ1n) is 9.78. The Morgan fingerprint density at radius 1 is 1.19 bits per heavy atom. The van der Waals surface area contributed by atoms with Gasteiger partial charge in [0.15, 0.2) is 0 Å². The fourth-order valence-corrected chi connectivity index (χ4v) is 4.07. The Morgan fingerprint density at radius 3 is 2.59 bits per heavy atom. The van der Waals surface area contributed by atoms with E-state index in [-0.39, 0.29) is 17.8 Å². The lowest BCUT2D eigenvalue weighted by Crippen LogP contribution is -2.47. The van der Waals surface area contributed by atoms with Crippen molar-refractivity contribution in [3.05, 3.63) is 57.0 Å². The molecule has 0 unspecified atom stereocenters. The minimum Gasteiger partial charge on any atom is -0.372 e. The van der Waals surface area contributed by atoms with E-state index >= 15 is 0 Å². The van der Waals surface area contributed by atoms with Gasteiger partial charge in [-0.05, 0) is 32.8 Å². The first kappa shape index (κ1) is 18.2. The molecule has 4 rings (SSSR count). The largest absolute Gasteiger partial charge is 0.372 e. The van der Waals surface area contributed by atoms with Gasteiger partial charge in [0.2, 0.25) is 5.95 Å². The van der Waals surface area contributed by atoms with Gasteiger partial charge < -0.3 is 9.64 Å². The number of benzene rings is 1. The molecule has 1 N–H and O–H groups in total. The molecule has 6 nitrogen and oxygen atoms in total. The molecule has 0 saturated carbocycles. The Bertz CT molecular complexity index is 851. The zero-order valence-electron chi connectivity index (χ0n) is 16.4. The van der Waals surface area contributed by atoms with E-state index in [2.05, 4.69) is 59.8 Å². The lowest BCUT2D eigenvalue weighted by atomic mass is 10.1. The number of morpholine rings is 1. The number of hydrogen-bond acceptors (Lipinski definition) is 5. The average molecular weight is 368 g/mol. The number of rotatable bonds is 3. The van der Waals surface area contributed by atoms with E-state index in [0.717, 1.165) is 50.4 Å². The molecule has 144 valence electrons. The molecule has 0 amide bonds. The maximum absolute atomic E-state index is 12.6. The normalized spacial score (nSPS) is 23.3. The molecule has 6 heteroatoms. The highest BCUT2D eigenvalue weighted by molar-refractivity contribution is 5.35. The second-order valence-corrected chi connectivity index (χ2v) is 7.92. The predicted molar refractivity (Wildman–Crippen MR) is 106 cm³/mol. The molecule has 3 heterocycles. The van der Waals surface area contributed by atoms with Gasteiger partial charge in [-0.15, -0.1) is 0 Å². The molecule has 2 atom stereocenters. The summed E-state index contributed by atoms with van der Waals surface area (Å²) in [6.45, 7) is 10.2. The van der Waals surface area contributed by atoms with Crippen molar-refractivity contribution >= 4 is 5.95 Å². The van der Waals surface area contributed by atoms with E-state index in [1.165, 1.54) is 11.1 Å². The summed E-state index contributed by atoms with van der Waals surface area (Å²) in [6.07, 6.45) is 1.01. The van der Waals surface area contributed by atoms with Crippen LogP contribution in [0.25, 0.3) is 0 Å². The van der Waals surface area contributed by atoms with Gasteiger partial charge in [0.05, 0.1) is 17.9 Å². The first-order chi connectivity index (χ1) is 13.0. The zero-order valence-corrected chi connectivity index (χ0v) is 16.4. The maximum atomic E-state index is 12.6. The van der Waals surface area contributed by atoms with Crippen molar-refractivity contribution in [3.63, 3.8) is 0 Å². The number of hydrogen-bond donors (Lipinski definition) is 1. The van der Waals surface area contributed by atoms with Crippen LogP contribution >= 0.6 is 0 Å². The van der Waals surface area contributed by atoms with Gasteiger partial charge in [0, 0.05) is 38.3 Å². The van der Waals surface area contributed by atoms with Crippen LogP contribution < -0.4 is 10.5 Å². The van der Waals surface area contributed by atoms with Crippen LogP contribution in [0, 0.1) is 6.92 Å². The Kier molecular flexibility index (Phi) is 5.02.